The molecule has 24 heavy (non-hydrogen) atoms. The third kappa shape index (κ3) is 2.75. The van der Waals surface area contributed by atoms with Crippen molar-refractivity contribution in [2.24, 2.45) is 0 Å². The molecule has 0 unspecified atom stereocenters. The van der Waals surface area contributed by atoms with Crippen LogP contribution in [0.1, 0.15) is 43.2 Å². The van der Waals surface area contributed by atoms with Crippen molar-refractivity contribution >= 4 is 22.6 Å². The first-order chi connectivity index (χ1) is 11.7. The van der Waals surface area contributed by atoms with Crippen LogP contribution in [0.5, 0.6) is 0 Å². The van der Waals surface area contributed by atoms with Gasteiger partial charge in [-0.15, -0.1) is 0 Å². The number of carbonyl (C=O) groups excluding carboxylic acids is 1. The minimum Gasteiger partial charge on any atom is -0.294 e. The topological polar surface area (TPSA) is 17.1 Å². The molecule has 1 heteroatoms. The monoisotopic (exact) mass is 314 g/mol. The van der Waals surface area contributed by atoms with E-state index in [2.05, 4.69) is 55.5 Å². The molecule has 1 nitrogen and oxygen atoms in total. The van der Waals surface area contributed by atoms with Crippen LogP contribution < -0.4 is 0 Å². The molecule has 0 aromatic heterocycles. The maximum atomic E-state index is 12.5. The molecule has 0 aliphatic heterocycles. The van der Waals surface area contributed by atoms with Crippen molar-refractivity contribution in [1.29, 1.82) is 0 Å². The quantitative estimate of drug-likeness (QED) is 0.683. The number of Topliss-reactive ketones (excluding diaryl/α,β-unsaturated/α-hetero) is 1. The molecule has 0 saturated carbocycles. The summed E-state index contributed by atoms with van der Waals surface area (Å²) in [6, 6.07) is 12.8. The Balaban J connectivity index is 1.50. The van der Waals surface area contributed by atoms with Crippen LogP contribution in [0.15, 0.2) is 65.3 Å². The SMILES string of the molecule is Cc1cc2ccccc2cc1C=CCC(=O)C1=CCC2=C1CCC2. The van der Waals surface area contributed by atoms with Crippen LogP contribution in [0, 0.1) is 6.92 Å². The van der Waals surface area contributed by atoms with Crippen molar-refractivity contribution in [2.75, 3.05) is 0 Å². The lowest BCUT2D eigenvalue weighted by Gasteiger charge is -2.05. The Hall–Kier alpha value is -2.41. The molecule has 0 N–H and O–H groups in total. The molecule has 0 bridgehead atoms. The molecular weight excluding hydrogens is 292 g/mol. The molecule has 120 valence electrons. The Labute approximate surface area is 143 Å². The molecule has 2 aliphatic rings. The average molecular weight is 314 g/mol. The van der Waals surface area contributed by atoms with Gasteiger partial charge in [-0.25, -0.2) is 0 Å². The van der Waals surface area contributed by atoms with Gasteiger partial charge in [-0.3, -0.25) is 4.79 Å². The van der Waals surface area contributed by atoms with Crippen molar-refractivity contribution in [3.8, 4) is 0 Å². The van der Waals surface area contributed by atoms with E-state index in [1.165, 1.54) is 45.9 Å². The molecule has 0 fully saturated rings. The zero-order valence-corrected chi connectivity index (χ0v) is 14.1. The molecule has 0 saturated heterocycles. The highest BCUT2D eigenvalue weighted by Crippen LogP contribution is 2.39. The predicted octanol–water partition coefficient (Wildman–Crippen LogP) is 5.93. The average Bonchev–Trinajstić information content (AvgIpc) is 3.18. The van der Waals surface area contributed by atoms with Crippen LogP contribution in [0.2, 0.25) is 0 Å². The molecular formula is C23H22O. The van der Waals surface area contributed by atoms with E-state index in [1.54, 1.807) is 0 Å². The lowest BCUT2D eigenvalue weighted by atomic mass is 9.99. The van der Waals surface area contributed by atoms with E-state index >= 15 is 0 Å². The number of ketones is 1. The van der Waals surface area contributed by atoms with Gasteiger partial charge in [-0.05, 0) is 66.1 Å². The van der Waals surface area contributed by atoms with Crippen molar-refractivity contribution in [1.82, 2.24) is 0 Å². The van der Waals surface area contributed by atoms with E-state index in [0.717, 1.165) is 18.4 Å². The van der Waals surface area contributed by atoms with Crippen molar-refractivity contribution in [3.63, 3.8) is 0 Å². The van der Waals surface area contributed by atoms with Gasteiger partial charge < -0.3 is 0 Å². The number of hydrogen-bond donors (Lipinski definition) is 0. The van der Waals surface area contributed by atoms with Gasteiger partial charge in [-0.2, -0.15) is 0 Å². The van der Waals surface area contributed by atoms with Crippen LogP contribution in [-0.4, -0.2) is 5.78 Å². The number of carbonyl (C=O) groups is 1. The van der Waals surface area contributed by atoms with Gasteiger partial charge in [0.25, 0.3) is 0 Å². The minimum absolute atomic E-state index is 0.275. The normalized spacial score (nSPS) is 17.0. The Morgan fingerprint density at radius 1 is 1.12 bits per heavy atom. The van der Waals surface area contributed by atoms with Crippen LogP contribution in [0.25, 0.3) is 16.8 Å². The lowest BCUT2D eigenvalue weighted by Crippen LogP contribution is -2.01. The molecule has 0 radical (unpaired) electrons. The summed E-state index contributed by atoms with van der Waals surface area (Å²) in [7, 11) is 0. The highest BCUT2D eigenvalue weighted by Gasteiger charge is 2.25. The highest BCUT2D eigenvalue weighted by molar-refractivity contribution is 6.01. The first kappa shape index (κ1) is 15.1. The van der Waals surface area contributed by atoms with E-state index in [-0.39, 0.29) is 5.78 Å². The van der Waals surface area contributed by atoms with E-state index in [0.29, 0.717) is 6.42 Å². The highest BCUT2D eigenvalue weighted by atomic mass is 16.1. The summed E-state index contributed by atoms with van der Waals surface area (Å²) in [5.74, 6) is 0.275. The van der Waals surface area contributed by atoms with Gasteiger partial charge in [0.05, 0.1) is 0 Å². The van der Waals surface area contributed by atoms with Crippen molar-refractivity contribution in [3.05, 3.63) is 76.4 Å². The van der Waals surface area contributed by atoms with Gasteiger partial charge in [-0.1, -0.05) is 54.1 Å². The zero-order valence-electron chi connectivity index (χ0n) is 14.1. The fraction of sp³-hybridized carbons (Fsp3) is 0.261. The van der Waals surface area contributed by atoms with Crippen molar-refractivity contribution in [2.45, 2.75) is 39.0 Å². The molecule has 0 spiro atoms. The number of allylic oxidation sites excluding steroid dienone is 5. The number of fused-ring (bicyclic) bond motifs is 1. The predicted molar refractivity (Wildman–Crippen MR) is 101 cm³/mol. The third-order valence-electron chi connectivity index (χ3n) is 5.25. The molecule has 2 aromatic carbocycles. The van der Waals surface area contributed by atoms with Crippen LogP contribution >= 0.6 is 0 Å². The molecule has 2 aliphatic carbocycles. The van der Waals surface area contributed by atoms with Gasteiger partial charge in [0.1, 0.15) is 0 Å². The van der Waals surface area contributed by atoms with Crippen LogP contribution in [0.4, 0.5) is 0 Å². The van der Waals surface area contributed by atoms with Gasteiger partial charge in [0.15, 0.2) is 5.78 Å². The maximum absolute atomic E-state index is 12.5. The summed E-state index contributed by atoms with van der Waals surface area (Å²) >= 11 is 0. The molecule has 0 atom stereocenters. The number of hydrogen-bond acceptors (Lipinski definition) is 1. The fourth-order valence-electron chi connectivity index (χ4n) is 3.94. The summed E-state index contributed by atoms with van der Waals surface area (Å²) in [6.45, 7) is 2.13. The standard InChI is InChI=1S/C23H22O/c1-16-14-19-6-2-3-7-20(19)15-18(16)9-5-11-23(24)22-13-12-17-8-4-10-21(17)22/h2-3,5-7,9,13-15H,4,8,10-12H2,1H3. The fourth-order valence-corrected chi connectivity index (χ4v) is 3.94. The van der Waals surface area contributed by atoms with E-state index < -0.39 is 0 Å². The van der Waals surface area contributed by atoms with Crippen LogP contribution in [-0.2, 0) is 4.79 Å². The third-order valence-corrected chi connectivity index (χ3v) is 5.25. The summed E-state index contributed by atoms with van der Waals surface area (Å²) in [6.07, 6.45) is 11.3. The van der Waals surface area contributed by atoms with Gasteiger partial charge in [0.2, 0.25) is 0 Å². The molecule has 0 amide bonds. The van der Waals surface area contributed by atoms with Crippen molar-refractivity contribution < 1.29 is 4.79 Å². The second-order valence-corrected chi connectivity index (χ2v) is 6.84. The molecule has 4 rings (SSSR count). The number of benzene rings is 2. The Bertz CT molecular complexity index is 909. The largest absolute Gasteiger partial charge is 0.294 e. The summed E-state index contributed by atoms with van der Waals surface area (Å²) in [5, 5.41) is 2.51. The summed E-state index contributed by atoms with van der Waals surface area (Å²) in [4.78, 5) is 12.5. The van der Waals surface area contributed by atoms with E-state index in [9.17, 15) is 4.79 Å². The minimum atomic E-state index is 0.275. The Morgan fingerprint density at radius 2 is 1.92 bits per heavy atom. The van der Waals surface area contributed by atoms with Crippen LogP contribution in [0.3, 0.4) is 0 Å². The summed E-state index contributed by atoms with van der Waals surface area (Å²) in [5.41, 5.74) is 6.31. The lowest BCUT2D eigenvalue weighted by molar-refractivity contribution is -0.114. The number of aryl methyl sites for hydroxylation is 1. The Morgan fingerprint density at radius 3 is 2.75 bits per heavy atom. The van der Waals surface area contributed by atoms with E-state index in [1.807, 2.05) is 6.08 Å². The Kier molecular flexibility index (Phi) is 3.93. The van der Waals surface area contributed by atoms with Gasteiger partial charge >= 0.3 is 0 Å². The second kappa shape index (κ2) is 6.24. The summed E-state index contributed by atoms with van der Waals surface area (Å²) < 4.78 is 0. The second-order valence-electron chi connectivity index (χ2n) is 6.84. The van der Waals surface area contributed by atoms with E-state index in [4.69, 9.17) is 0 Å². The smallest absolute Gasteiger partial charge is 0.166 e. The number of rotatable bonds is 4. The molecule has 2 aromatic rings. The first-order valence-corrected chi connectivity index (χ1v) is 8.83. The first-order valence-electron chi connectivity index (χ1n) is 8.83. The molecule has 0 heterocycles. The maximum Gasteiger partial charge on any atom is 0.166 e. The zero-order chi connectivity index (χ0) is 16.5. The van der Waals surface area contributed by atoms with Gasteiger partial charge in [0, 0.05) is 12.0 Å².